The molecule has 0 aliphatic heterocycles. The van der Waals surface area contributed by atoms with E-state index in [1.54, 1.807) is 6.20 Å². The van der Waals surface area contributed by atoms with Crippen LogP contribution >= 0.6 is 0 Å². The topological polar surface area (TPSA) is 26.0 Å². The molecule has 2 rings (SSSR count). The van der Waals surface area contributed by atoms with Crippen molar-refractivity contribution in [2.24, 2.45) is 11.7 Å². The van der Waals surface area contributed by atoms with Gasteiger partial charge in [0, 0.05) is 0 Å². The van der Waals surface area contributed by atoms with Crippen LogP contribution in [-0.4, -0.2) is 0 Å². The maximum absolute atomic E-state index is 5.40. The average Bonchev–Trinajstić information content (AvgIpc) is 2.55. The lowest BCUT2D eigenvalue weighted by Gasteiger charge is -2.32. The lowest BCUT2D eigenvalue weighted by molar-refractivity contribution is 0.407. The number of nitrogens with two attached hydrogens (primary N) is 1. The average molecular weight is 305 g/mol. The first kappa shape index (κ1) is 17.1. The molecule has 1 nitrogen and oxygen atoms in total. The molecule has 0 fully saturated rings. The van der Waals surface area contributed by atoms with Crippen molar-refractivity contribution in [2.45, 2.75) is 33.1 Å². The zero-order valence-electron chi connectivity index (χ0n) is 14.6. The molecule has 0 amide bonds. The lowest BCUT2D eigenvalue weighted by atomic mass is 9.72. The van der Waals surface area contributed by atoms with E-state index >= 15 is 0 Å². The smallest absolute Gasteiger partial charge is 0.00408 e. The van der Waals surface area contributed by atoms with Crippen LogP contribution in [0.25, 0.3) is 11.1 Å². The van der Waals surface area contributed by atoms with Gasteiger partial charge < -0.3 is 5.73 Å². The molecule has 0 saturated heterocycles. The van der Waals surface area contributed by atoms with Crippen molar-refractivity contribution in [1.29, 1.82) is 0 Å². The van der Waals surface area contributed by atoms with Gasteiger partial charge in [-0.3, -0.25) is 0 Å². The number of hydrogen-bond acceptors (Lipinski definition) is 1. The van der Waals surface area contributed by atoms with E-state index in [9.17, 15) is 0 Å². The third-order valence-corrected chi connectivity index (χ3v) is 4.79. The van der Waals surface area contributed by atoms with Gasteiger partial charge in [0.2, 0.25) is 0 Å². The van der Waals surface area contributed by atoms with Gasteiger partial charge in [-0.15, -0.1) is 0 Å². The van der Waals surface area contributed by atoms with Crippen LogP contribution in [0.1, 0.15) is 31.9 Å². The van der Waals surface area contributed by atoms with Crippen molar-refractivity contribution in [2.75, 3.05) is 0 Å². The fraction of sp³-hybridized carbons (Fsp3) is 0.273. The van der Waals surface area contributed by atoms with E-state index in [0.717, 1.165) is 0 Å². The number of rotatable bonds is 5. The molecule has 0 bridgehead atoms. The zero-order valence-corrected chi connectivity index (χ0v) is 14.6. The molecule has 0 aromatic heterocycles. The minimum atomic E-state index is 0.0677. The normalized spacial score (nSPS) is 13.7. The van der Waals surface area contributed by atoms with Crippen molar-refractivity contribution < 1.29 is 0 Å². The van der Waals surface area contributed by atoms with Gasteiger partial charge in [-0.25, -0.2) is 0 Å². The summed E-state index contributed by atoms with van der Waals surface area (Å²) in [6.45, 7) is 9.07. The minimum absolute atomic E-state index is 0.0677. The predicted molar refractivity (Wildman–Crippen MR) is 101 cm³/mol. The van der Waals surface area contributed by atoms with Crippen LogP contribution < -0.4 is 5.73 Å². The maximum Gasteiger partial charge on any atom is -0.00408 e. The predicted octanol–water partition coefficient (Wildman–Crippen LogP) is 5.60. The van der Waals surface area contributed by atoms with Gasteiger partial charge in [-0.05, 0) is 52.8 Å². The molecule has 120 valence electrons. The summed E-state index contributed by atoms with van der Waals surface area (Å²) in [6, 6.07) is 17.3. The van der Waals surface area contributed by atoms with Crippen LogP contribution in [0.5, 0.6) is 0 Å². The summed E-state index contributed by atoms with van der Waals surface area (Å²) in [5.74, 6) is 0.417. The number of hydrogen-bond donors (Lipinski definition) is 1. The first-order valence-electron chi connectivity index (χ1n) is 8.18. The molecule has 1 heteroatoms. The summed E-state index contributed by atoms with van der Waals surface area (Å²) in [5, 5.41) is 0. The highest BCUT2D eigenvalue weighted by Crippen LogP contribution is 2.36. The van der Waals surface area contributed by atoms with E-state index in [-0.39, 0.29) is 5.41 Å². The van der Waals surface area contributed by atoms with Gasteiger partial charge in [-0.2, -0.15) is 0 Å². The quantitative estimate of drug-likeness (QED) is 0.714. The first-order chi connectivity index (χ1) is 11.0. The molecule has 23 heavy (non-hydrogen) atoms. The molecule has 2 aromatic rings. The Labute approximate surface area is 140 Å². The Morgan fingerprint density at radius 1 is 0.957 bits per heavy atom. The Hall–Kier alpha value is -2.28. The Morgan fingerprint density at radius 3 is 2.26 bits per heavy atom. The highest BCUT2D eigenvalue weighted by molar-refractivity contribution is 5.65. The SMILES string of the molecule is Cc1cc(-c2ccccc2)ccc1C(C)(C)C(C)/C=C\C=C/N. The second-order valence-corrected chi connectivity index (χ2v) is 6.68. The summed E-state index contributed by atoms with van der Waals surface area (Å²) in [7, 11) is 0. The van der Waals surface area contributed by atoms with Crippen LogP contribution in [0, 0.1) is 12.8 Å². The first-order valence-corrected chi connectivity index (χ1v) is 8.18. The second kappa shape index (κ2) is 7.32. The third-order valence-electron chi connectivity index (χ3n) is 4.79. The minimum Gasteiger partial charge on any atom is -0.405 e. The maximum atomic E-state index is 5.40. The fourth-order valence-electron chi connectivity index (χ4n) is 2.98. The highest BCUT2D eigenvalue weighted by Gasteiger charge is 2.27. The molecule has 1 atom stereocenters. The summed E-state index contributed by atoms with van der Waals surface area (Å²) in [4.78, 5) is 0. The number of allylic oxidation sites excluding steroid dienone is 3. The molecule has 0 heterocycles. The molecule has 0 aliphatic rings. The van der Waals surface area contributed by atoms with Gasteiger partial charge in [0.05, 0.1) is 0 Å². The standard InChI is InChI=1S/C22H27N/c1-17-16-20(19-11-6-5-7-12-19)13-14-21(17)22(3,4)18(2)10-8-9-15-23/h5-16,18H,23H2,1-4H3/b10-8-,15-9-. The fourth-order valence-corrected chi connectivity index (χ4v) is 2.98. The molecule has 0 spiro atoms. The van der Waals surface area contributed by atoms with Crippen LogP contribution in [0.3, 0.4) is 0 Å². The molecule has 1 unspecified atom stereocenters. The van der Waals surface area contributed by atoms with Crippen LogP contribution in [0.2, 0.25) is 0 Å². The summed E-state index contributed by atoms with van der Waals surface area (Å²) < 4.78 is 0. The van der Waals surface area contributed by atoms with Gasteiger partial charge in [0.15, 0.2) is 0 Å². The van der Waals surface area contributed by atoms with Gasteiger partial charge in [0.1, 0.15) is 0 Å². The molecule has 2 aromatic carbocycles. The Kier molecular flexibility index (Phi) is 5.44. The van der Waals surface area contributed by atoms with E-state index < -0.39 is 0 Å². The second-order valence-electron chi connectivity index (χ2n) is 6.68. The van der Waals surface area contributed by atoms with Crippen molar-refractivity contribution in [3.05, 3.63) is 84.1 Å². The molecule has 0 saturated carbocycles. The highest BCUT2D eigenvalue weighted by atomic mass is 14.5. The summed E-state index contributed by atoms with van der Waals surface area (Å²) in [5.41, 5.74) is 10.7. The zero-order chi connectivity index (χ0) is 16.9. The van der Waals surface area contributed by atoms with Crippen LogP contribution in [-0.2, 0) is 5.41 Å². The Morgan fingerprint density at radius 2 is 1.65 bits per heavy atom. The third kappa shape index (κ3) is 3.92. The van der Waals surface area contributed by atoms with Gasteiger partial charge >= 0.3 is 0 Å². The molecular formula is C22H27N. The van der Waals surface area contributed by atoms with E-state index in [4.69, 9.17) is 5.73 Å². The summed E-state index contributed by atoms with van der Waals surface area (Å²) in [6.07, 6.45) is 7.68. The molecule has 0 radical (unpaired) electrons. The number of benzene rings is 2. The van der Waals surface area contributed by atoms with Crippen LogP contribution in [0.4, 0.5) is 0 Å². The lowest BCUT2D eigenvalue weighted by Crippen LogP contribution is -2.26. The van der Waals surface area contributed by atoms with Crippen molar-refractivity contribution in [3.63, 3.8) is 0 Å². The Balaban J connectivity index is 2.33. The van der Waals surface area contributed by atoms with E-state index in [0.29, 0.717) is 5.92 Å². The van der Waals surface area contributed by atoms with E-state index in [2.05, 4.69) is 82.3 Å². The Bertz CT molecular complexity index is 693. The van der Waals surface area contributed by atoms with Crippen molar-refractivity contribution in [3.8, 4) is 11.1 Å². The van der Waals surface area contributed by atoms with E-state index in [1.165, 1.54) is 22.3 Å². The van der Waals surface area contributed by atoms with Gasteiger partial charge in [-0.1, -0.05) is 81.5 Å². The van der Waals surface area contributed by atoms with Gasteiger partial charge in [0.25, 0.3) is 0 Å². The largest absolute Gasteiger partial charge is 0.405 e. The molecule has 0 aliphatic carbocycles. The van der Waals surface area contributed by atoms with E-state index in [1.807, 2.05) is 12.2 Å². The van der Waals surface area contributed by atoms with Crippen molar-refractivity contribution in [1.82, 2.24) is 0 Å². The monoisotopic (exact) mass is 305 g/mol. The molecule has 2 N–H and O–H groups in total. The van der Waals surface area contributed by atoms with Crippen LogP contribution in [0.15, 0.2) is 73.0 Å². The molecular weight excluding hydrogens is 278 g/mol. The summed E-state index contributed by atoms with van der Waals surface area (Å²) >= 11 is 0. The number of aryl methyl sites for hydroxylation is 1. The van der Waals surface area contributed by atoms with Crippen molar-refractivity contribution >= 4 is 0 Å².